The Morgan fingerprint density at radius 3 is 2.11 bits per heavy atom. The molecule has 0 aromatic heterocycles. The highest BCUT2D eigenvalue weighted by atomic mass is 35.5. The van der Waals surface area contributed by atoms with Gasteiger partial charge in [-0.2, -0.15) is 0 Å². The molecule has 0 atom stereocenters. The molecule has 1 saturated carbocycles. The van der Waals surface area contributed by atoms with Gasteiger partial charge in [0.1, 0.15) is 0 Å². The highest BCUT2D eigenvalue weighted by Crippen LogP contribution is 2.45. The molecule has 4 heteroatoms. The molecule has 3 nitrogen and oxygen atoms in total. The van der Waals surface area contributed by atoms with E-state index in [-0.39, 0.29) is 11.2 Å². The largest absolute Gasteiger partial charge is 0.348 e. The topological polar surface area (TPSA) is 44.5 Å². The molecule has 1 aliphatic heterocycles. The maximum atomic E-state index is 6.08. The van der Waals surface area contributed by atoms with Crippen LogP contribution >= 0.6 is 11.6 Å². The average molecular weight is 282 g/mol. The molecule has 1 saturated heterocycles. The van der Waals surface area contributed by atoms with E-state index in [1.54, 1.807) is 0 Å². The summed E-state index contributed by atoms with van der Waals surface area (Å²) < 4.78 is 11.6. The lowest BCUT2D eigenvalue weighted by molar-refractivity contribution is -0.184. The smallest absolute Gasteiger partial charge is 0.168 e. The Kier molecular flexibility index (Phi) is 3.56. The Balaban J connectivity index is 1.80. The van der Waals surface area contributed by atoms with Gasteiger partial charge in [-0.05, 0) is 30.5 Å². The van der Waals surface area contributed by atoms with Crippen LogP contribution in [0.5, 0.6) is 0 Å². The fourth-order valence-corrected chi connectivity index (χ4v) is 3.44. The highest BCUT2D eigenvalue weighted by Gasteiger charge is 2.46. The maximum Gasteiger partial charge on any atom is 0.168 e. The van der Waals surface area contributed by atoms with E-state index in [1.165, 1.54) is 5.56 Å². The molecule has 3 rings (SSSR count). The zero-order valence-electron chi connectivity index (χ0n) is 11.0. The van der Waals surface area contributed by atoms with Crippen LogP contribution in [0.15, 0.2) is 24.3 Å². The molecule has 1 aliphatic carbocycles. The van der Waals surface area contributed by atoms with Gasteiger partial charge in [-0.3, -0.25) is 0 Å². The van der Waals surface area contributed by atoms with E-state index in [0.29, 0.717) is 6.54 Å². The molecule has 0 unspecified atom stereocenters. The van der Waals surface area contributed by atoms with Crippen LogP contribution in [0.25, 0.3) is 0 Å². The minimum Gasteiger partial charge on any atom is -0.348 e. The molecule has 1 spiro atoms. The quantitative estimate of drug-likeness (QED) is 0.907. The summed E-state index contributed by atoms with van der Waals surface area (Å²) in [6, 6.07) is 8.09. The SMILES string of the molecule is NCC1(c2ccc(Cl)cc2)CCC2(CC1)OCCO2. The van der Waals surface area contributed by atoms with Crippen molar-refractivity contribution in [2.75, 3.05) is 19.8 Å². The Morgan fingerprint density at radius 2 is 1.58 bits per heavy atom. The van der Waals surface area contributed by atoms with Crippen LogP contribution in [0.2, 0.25) is 5.02 Å². The van der Waals surface area contributed by atoms with Crippen molar-refractivity contribution in [2.24, 2.45) is 5.73 Å². The van der Waals surface area contributed by atoms with Crippen molar-refractivity contribution in [1.29, 1.82) is 0 Å². The number of hydrogen-bond donors (Lipinski definition) is 1. The molecule has 0 amide bonds. The Hall–Kier alpha value is -0.610. The fourth-order valence-electron chi connectivity index (χ4n) is 3.31. The minimum absolute atomic E-state index is 0.0468. The lowest BCUT2D eigenvalue weighted by atomic mass is 9.68. The summed E-state index contributed by atoms with van der Waals surface area (Å²) in [6.07, 6.45) is 3.86. The minimum atomic E-state index is -0.328. The summed E-state index contributed by atoms with van der Waals surface area (Å²) in [5, 5.41) is 0.769. The van der Waals surface area contributed by atoms with Crippen molar-refractivity contribution in [3.05, 3.63) is 34.9 Å². The van der Waals surface area contributed by atoms with E-state index in [9.17, 15) is 0 Å². The van der Waals surface area contributed by atoms with Crippen molar-refractivity contribution >= 4 is 11.6 Å². The Labute approximate surface area is 119 Å². The number of halogens is 1. The van der Waals surface area contributed by atoms with Crippen molar-refractivity contribution < 1.29 is 9.47 Å². The van der Waals surface area contributed by atoms with E-state index in [1.807, 2.05) is 12.1 Å². The van der Waals surface area contributed by atoms with Gasteiger partial charge in [-0.15, -0.1) is 0 Å². The van der Waals surface area contributed by atoms with Crippen molar-refractivity contribution in [3.8, 4) is 0 Å². The van der Waals surface area contributed by atoms with Gasteiger partial charge < -0.3 is 15.2 Å². The monoisotopic (exact) mass is 281 g/mol. The second-order valence-corrected chi connectivity index (χ2v) is 6.04. The fraction of sp³-hybridized carbons (Fsp3) is 0.600. The number of ether oxygens (including phenoxy) is 2. The molecule has 2 aliphatic rings. The zero-order chi connectivity index (χ0) is 13.3. The van der Waals surface area contributed by atoms with Gasteiger partial charge in [0, 0.05) is 29.8 Å². The molecule has 2 fully saturated rings. The van der Waals surface area contributed by atoms with E-state index < -0.39 is 0 Å². The van der Waals surface area contributed by atoms with Crippen molar-refractivity contribution in [3.63, 3.8) is 0 Å². The van der Waals surface area contributed by atoms with Gasteiger partial charge in [0.25, 0.3) is 0 Å². The van der Waals surface area contributed by atoms with E-state index in [0.717, 1.165) is 43.9 Å². The van der Waals surface area contributed by atoms with Gasteiger partial charge >= 0.3 is 0 Å². The average Bonchev–Trinajstić information content (AvgIpc) is 2.90. The zero-order valence-corrected chi connectivity index (χ0v) is 11.8. The normalized spacial score (nSPS) is 24.7. The van der Waals surface area contributed by atoms with Crippen LogP contribution in [0.3, 0.4) is 0 Å². The standard InChI is InChI=1S/C15H20ClNO2/c16-13-3-1-12(2-4-13)14(11-17)5-7-15(8-6-14)18-9-10-19-15/h1-4H,5-11,17H2. The van der Waals surface area contributed by atoms with Crippen LogP contribution in [-0.4, -0.2) is 25.5 Å². The number of hydrogen-bond acceptors (Lipinski definition) is 3. The van der Waals surface area contributed by atoms with Crippen LogP contribution in [0.1, 0.15) is 31.2 Å². The highest BCUT2D eigenvalue weighted by molar-refractivity contribution is 6.30. The summed E-state index contributed by atoms with van der Waals surface area (Å²) in [5.74, 6) is -0.328. The van der Waals surface area contributed by atoms with E-state index >= 15 is 0 Å². The lowest BCUT2D eigenvalue weighted by Gasteiger charge is -2.43. The first-order valence-electron chi connectivity index (χ1n) is 6.92. The molecular weight excluding hydrogens is 262 g/mol. The van der Waals surface area contributed by atoms with Crippen LogP contribution in [0.4, 0.5) is 0 Å². The predicted molar refractivity (Wildman–Crippen MR) is 75.3 cm³/mol. The maximum absolute atomic E-state index is 6.08. The molecule has 19 heavy (non-hydrogen) atoms. The molecule has 0 bridgehead atoms. The van der Waals surface area contributed by atoms with Gasteiger partial charge in [0.15, 0.2) is 5.79 Å². The van der Waals surface area contributed by atoms with Crippen LogP contribution in [-0.2, 0) is 14.9 Å². The van der Waals surface area contributed by atoms with Gasteiger partial charge in [0.2, 0.25) is 0 Å². The van der Waals surface area contributed by atoms with Gasteiger partial charge in [0.05, 0.1) is 13.2 Å². The van der Waals surface area contributed by atoms with Gasteiger partial charge in [-0.25, -0.2) is 0 Å². The second-order valence-electron chi connectivity index (χ2n) is 5.60. The summed E-state index contributed by atoms with van der Waals surface area (Å²) in [6.45, 7) is 2.10. The number of rotatable bonds is 2. The summed E-state index contributed by atoms with van der Waals surface area (Å²) in [5.41, 5.74) is 7.41. The van der Waals surface area contributed by atoms with Crippen molar-refractivity contribution in [1.82, 2.24) is 0 Å². The van der Waals surface area contributed by atoms with E-state index in [2.05, 4.69) is 12.1 Å². The predicted octanol–water partition coefficient (Wildman–Crippen LogP) is 2.85. The first-order chi connectivity index (χ1) is 9.18. The number of nitrogens with two attached hydrogens (primary N) is 1. The molecule has 104 valence electrons. The third-order valence-corrected chi connectivity index (χ3v) is 4.88. The Bertz CT molecular complexity index is 430. The van der Waals surface area contributed by atoms with E-state index in [4.69, 9.17) is 26.8 Å². The second kappa shape index (κ2) is 5.06. The lowest BCUT2D eigenvalue weighted by Crippen LogP contribution is -2.45. The molecular formula is C15H20ClNO2. The third kappa shape index (κ3) is 2.40. The van der Waals surface area contributed by atoms with Gasteiger partial charge in [-0.1, -0.05) is 23.7 Å². The molecule has 1 heterocycles. The summed E-state index contributed by atoms with van der Waals surface area (Å²) in [7, 11) is 0. The Morgan fingerprint density at radius 1 is 1.00 bits per heavy atom. The summed E-state index contributed by atoms with van der Waals surface area (Å²) >= 11 is 5.97. The van der Waals surface area contributed by atoms with Crippen LogP contribution < -0.4 is 5.73 Å². The first-order valence-corrected chi connectivity index (χ1v) is 7.30. The molecule has 2 N–H and O–H groups in total. The van der Waals surface area contributed by atoms with Crippen molar-refractivity contribution in [2.45, 2.75) is 36.9 Å². The number of benzene rings is 1. The first kappa shape index (κ1) is 13.4. The summed E-state index contributed by atoms with van der Waals surface area (Å²) in [4.78, 5) is 0. The van der Waals surface area contributed by atoms with Crippen LogP contribution in [0, 0.1) is 0 Å². The molecule has 1 aromatic rings. The molecule has 0 radical (unpaired) electrons. The third-order valence-electron chi connectivity index (χ3n) is 4.63. The molecule has 1 aromatic carbocycles.